The van der Waals surface area contributed by atoms with Gasteiger partial charge in [0, 0.05) is 22.5 Å². The molecule has 0 spiro atoms. The lowest BCUT2D eigenvalue weighted by atomic mass is 10.2. The van der Waals surface area contributed by atoms with Gasteiger partial charge >= 0.3 is 0 Å². The van der Waals surface area contributed by atoms with Crippen molar-refractivity contribution in [3.8, 4) is 0 Å². The minimum absolute atomic E-state index is 0.135. The molecule has 0 aromatic heterocycles. The fourth-order valence-corrected chi connectivity index (χ4v) is 2.26. The van der Waals surface area contributed by atoms with Gasteiger partial charge in [0.05, 0.1) is 18.8 Å². The van der Waals surface area contributed by atoms with E-state index in [2.05, 4.69) is 28.6 Å². The van der Waals surface area contributed by atoms with Gasteiger partial charge in [0.25, 0.3) is 5.91 Å². The van der Waals surface area contributed by atoms with Crippen LogP contribution in [0.5, 0.6) is 0 Å². The summed E-state index contributed by atoms with van der Waals surface area (Å²) in [6.45, 7) is 0.125. The molecule has 4 nitrogen and oxygen atoms in total. The van der Waals surface area contributed by atoms with Crippen LogP contribution >= 0.6 is 28.6 Å². The van der Waals surface area contributed by atoms with Crippen LogP contribution in [0, 0.1) is 0 Å². The molecule has 0 aliphatic carbocycles. The Morgan fingerprint density at radius 2 is 1.88 bits per heavy atom. The standard InChI is InChI=1S/C11H14BrNO3S/c12-8-1-2-9(10(17)7-8)11(16)13(3-5-14)4-6-15/h1-2,7,14-15,17H,3-6H2. The van der Waals surface area contributed by atoms with Crippen molar-refractivity contribution < 1.29 is 15.0 Å². The number of amides is 1. The third-order valence-electron chi connectivity index (χ3n) is 2.22. The Balaban J connectivity index is 2.92. The summed E-state index contributed by atoms with van der Waals surface area (Å²) >= 11 is 7.53. The summed E-state index contributed by atoms with van der Waals surface area (Å²) < 4.78 is 0.843. The second-order valence-corrected chi connectivity index (χ2v) is 4.80. The van der Waals surface area contributed by atoms with E-state index in [-0.39, 0.29) is 32.2 Å². The number of aliphatic hydroxyl groups excluding tert-OH is 2. The monoisotopic (exact) mass is 319 g/mol. The molecule has 0 bridgehead atoms. The Kier molecular flexibility index (Phi) is 5.97. The van der Waals surface area contributed by atoms with Gasteiger partial charge in [-0.25, -0.2) is 0 Å². The van der Waals surface area contributed by atoms with Crippen LogP contribution in [0.3, 0.4) is 0 Å². The molecule has 0 saturated heterocycles. The molecule has 0 fully saturated rings. The normalized spacial score (nSPS) is 10.4. The van der Waals surface area contributed by atoms with Gasteiger partial charge in [0.15, 0.2) is 0 Å². The van der Waals surface area contributed by atoms with Crippen molar-refractivity contribution in [2.24, 2.45) is 0 Å². The molecule has 0 aliphatic rings. The molecule has 1 rings (SSSR count). The van der Waals surface area contributed by atoms with Crippen molar-refractivity contribution in [2.45, 2.75) is 4.90 Å². The fourth-order valence-electron chi connectivity index (χ4n) is 1.41. The van der Waals surface area contributed by atoms with Crippen LogP contribution in [0.2, 0.25) is 0 Å². The molecule has 1 amide bonds. The maximum Gasteiger partial charge on any atom is 0.255 e. The first-order valence-electron chi connectivity index (χ1n) is 5.09. The molecule has 0 atom stereocenters. The zero-order valence-corrected chi connectivity index (χ0v) is 11.6. The number of benzene rings is 1. The number of halogens is 1. The van der Waals surface area contributed by atoms with E-state index in [4.69, 9.17) is 10.2 Å². The number of rotatable bonds is 5. The van der Waals surface area contributed by atoms with Gasteiger partial charge in [-0.15, -0.1) is 12.6 Å². The van der Waals surface area contributed by atoms with Gasteiger partial charge in [0.1, 0.15) is 0 Å². The predicted octanol–water partition coefficient (Wildman–Crippen LogP) is 1.16. The lowest BCUT2D eigenvalue weighted by molar-refractivity contribution is 0.0681. The van der Waals surface area contributed by atoms with Crippen LogP contribution in [0.4, 0.5) is 0 Å². The summed E-state index contributed by atoms with van der Waals surface area (Å²) in [5, 5.41) is 17.7. The quantitative estimate of drug-likeness (QED) is 0.714. The Labute approximate surface area is 114 Å². The van der Waals surface area contributed by atoms with Crippen molar-refractivity contribution in [2.75, 3.05) is 26.3 Å². The number of hydrogen-bond donors (Lipinski definition) is 3. The summed E-state index contributed by atoms with van der Waals surface area (Å²) in [7, 11) is 0. The Hall–Kier alpha value is -0.560. The van der Waals surface area contributed by atoms with Gasteiger partial charge < -0.3 is 15.1 Å². The van der Waals surface area contributed by atoms with E-state index in [1.165, 1.54) is 4.90 Å². The highest BCUT2D eigenvalue weighted by molar-refractivity contribution is 9.10. The van der Waals surface area contributed by atoms with Gasteiger partial charge in [-0.1, -0.05) is 15.9 Å². The highest BCUT2D eigenvalue weighted by Crippen LogP contribution is 2.21. The third kappa shape index (κ3) is 3.99. The number of aliphatic hydroxyl groups is 2. The van der Waals surface area contributed by atoms with Crippen molar-refractivity contribution in [1.82, 2.24) is 4.90 Å². The van der Waals surface area contributed by atoms with Gasteiger partial charge in [-0.2, -0.15) is 0 Å². The van der Waals surface area contributed by atoms with E-state index in [1.807, 2.05) is 0 Å². The molecule has 0 radical (unpaired) electrons. The number of nitrogens with zero attached hydrogens (tertiary/aromatic N) is 1. The van der Waals surface area contributed by atoms with Gasteiger partial charge in [0.2, 0.25) is 0 Å². The number of thiol groups is 1. The second kappa shape index (κ2) is 7.00. The zero-order valence-electron chi connectivity index (χ0n) is 9.14. The Bertz CT molecular complexity index is 394. The molecule has 1 aromatic carbocycles. The molecule has 6 heteroatoms. The summed E-state index contributed by atoms with van der Waals surface area (Å²) in [5.41, 5.74) is 0.457. The van der Waals surface area contributed by atoms with Crippen LogP contribution in [0.1, 0.15) is 10.4 Å². The van der Waals surface area contributed by atoms with E-state index in [1.54, 1.807) is 18.2 Å². The molecular formula is C11H14BrNO3S. The summed E-state index contributed by atoms with van der Waals surface area (Å²) in [6.07, 6.45) is 0. The molecule has 0 unspecified atom stereocenters. The first-order chi connectivity index (χ1) is 8.10. The SMILES string of the molecule is O=C(c1ccc(Br)cc1S)N(CCO)CCO. The van der Waals surface area contributed by atoms with Crippen molar-refractivity contribution >= 4 is 34.5 Å². The van der Waals surface area contributed by atoms with E-state index in [0.717, 1.165) is 4.47 Å². The van der Waals surface area contributed by atoms with E-state index in [9.17, 15) is 4.79 Å². The number of carbonyl (C=O) groups is 1. The highest BCUT2D eigenvalue weighted by Gasteiger charge is 2.17. The fraction of sp³-hybridized carbons (Fsp3) is 0.364. The Morgan fingerprint density at radius 1 is 1.29 bits per heavy atom. The lowest BCUT2D eigenvalue weighted by Crippen LogP contribution is -2.36. The van der Waals surface area contributed by atoms with Crippen molar-refractivity contribution in [3.05, 3.63) is 28.2 Å². The summed E-state index contributed by atoms with van der Waals surface area (Å²) in [4.78, 5) is 14.0. The maximum absolute atomic E-state index is 12.1. The molecule has 0 heterocycles. The first kappa shape index (κ1) is 14.5. The first-order valence-corrected chi connectivity index (χ1v) is 6.33. The predicted molar refractivity (Wildman–Crippen MR) is 71.5 cm³/mol. The molecule has 1 aromatic rings. The minimum Gasteiger partial charge on any atom is -0.395 e. The molecule has 2 N–H and O–H groups in total. The smallest absolute Gasteiger partial charge is 0.255 e. The molecule has 0 aliphatic heterocycles. The van der Waals surface area contributed by atoms with Gasteiger partial charge in [-0.05, 0) is 18.2 Å². The number of carbonyl (C=O) groups excluding carboxylic acids is 1. The Morgan fingerprint density at radius 3 is 2.35 bits per heavy atom. The largest absolute Gasteiger partial charge is 0.395 e. The summed E-state index contributed by atoms with van der Waals surface area (Å²) in [6, 6.07) is 5.14. The molecule has 94 valence electrons. The van der Waals surface area contributed by atoms with Crippen molar-refractivity contribution in [1.29, 1.82) is 0 Å². The topological polar surface area (TPSA) is 60.8 Å². The van der Waals surface area contributed by atoms with Gasteiger partial charge in [-0.3, -0.25) is 4.79 Å². The average Bonchev–Trinajstić information content (AvgIpc) is 2.28. The molecular weight excluding hydrogens is 306 g/mol. The van der Waals surface area contributed by atoms with Crippen LogP contribution in [-0.4, -0.2) is 47.3 Å². The van der Waals surface area contributed by atoms with Crippen LogP contribution in [0.25, 0.3) is 0 Å². The van der Waals surface area contributed by atoms with Crippen LogP contribution in [-0.2, 0) is 0 Å². The lowest BCUT2D eigenvalue weighted by Gasteiger charge is -2.21. The van der Waals surface area contributed by atoms with Crippen LogP contribution < -0.4 is 0 Å². The molecule has 17 heavy (non-hydrogen) atoms. The average molecular weight is 320 g/mol. The second-order valence-electron chi connectivity index (χ2n) is 3.40. The summed E-state index contributed by atoms with van der Waals surface area (Å²) in [5.74, 6) is -0.245. The van der Waals surface area contributed by atoms with E-state index < -0.39 is 0 Å². The highest BCUT2D eigenvalue weighted by atomic mass is 79.9. The maximum atomic E-state index is 12.1. The third-order valence-corrected chi connectivity index (χ3v) is 3.08. The van der Waals surface area contributed by atoms with Crippen molar-refractivity contribution in [3.63, 3.8) is 0 Å². The van der Waals surface area contributed by atoms with E-state index in [0.29, 0.717) is 10.5 Å². The number of hydrogen-bond acceptors (Lipinski definition) is 4. The minimum atomic E-state index is -0.245. The van der Waals surface area contributed by atoms with E-state index >= 15 is 0 Å². The van der Waals surface area contributed by atoms with Crippen LogP contribution in [0.15, 0.2) is 27.6 Å². The zero-order chi connectivity index (χ0) is 12.8. The molecule has 0 saturated carbocycles.